The molecular weight excluding hydrogens is 256 g/mol. The molecule has 1 nitrogen and oxygen atoms in total. The molecule has 0 radical (unpaired) electrons. The van der Waals surface area contributed by atoms with E-state index in [1.54, 1.807) is 0 Å². The number of benzene rings is 2. The fourth-order valence-corrected chi connectivity index (χ4v) is 2.33. The van der Waals surface area contributed by atoms with E-state index in [0.29, 0.717) is 11.5 Å². The molecule has 2 aromatic carbocycles. The molecule has 1 atom stereocenters. The Morgan fingerprint density at radius 1 is 0.950 bits per heavy atom. The van der Waals surface area contributed by atoms with Gasteiger partial charge in [0.2, 0.25) is 0 Å². The SMILES string of the molecule is CC(C)Cc1cccc(C(N)c2cc(F)cc(F)c2)c1. The van der Waals surface area contributed by atoms with Crippen LogP contribution >= 0.6 is 0 Å². The zero-order valence-corrected chi connectivity index (χ0v) is 11.7. The first-order valence-corrected chi connectivity index (χ1v) is 6.76. The standard InChI is InChI=1S/C17H19F2N/c1-11(2)6-12-4-3-5-13(7-12)17(20)14-8-15(18)10-16(19)9-14/h3-5,7-11,17H,6,20H2,1-2H3. The lowest BCUT2D eigenvalue weighted by Gasteiger charge is -2.15. The third-order valence-electron chi connectivity index (χ3n) is 3.20. The van der Waals surface area contributed by atoms with Crippen molar-refractivity contribution in [2.75, 3.05) is 0 Å². The Bertz CT molecular complexity index is 573. The highest BCUT2D eigenvalue weighted by Crippen LogP contribution is 2.23. The second-order valence-electron chi connectivity index (χ2n) is 5.52. The van der Waals surface area contributed by atoms with Gasteiger partial charge >= 0.3 is 0 Å². The van der Waals surface area contributed by atoms with Crippen molar-refractivity contribution in [1.29, 1.82) is 0 Å². The lowest BCUT2D eigenvalue weighted by atomic mass is 9.95. The molecule has 0 aliphatic heterocycles. The molecule has 2 aromatic rings. The largest absolute Gasteiger partial charge is 0.320 e. The lowest BCUT2D eigenvalue weighted by Crippen LogP contribution is -2.13. The van der Waals surface area contributed by atoms with Gasteiger partial charge in [-0.3, -0.25) is 0 Å². The van der Waals surface area contributed by atoms with Crippen LogP contribution in [0, 0.1) is 17.6 Å². The van der Waals surface area contributed by atoms with Gasteiger partial charge in [-0.05, 0) is 41.2 Å². The zero-order valence-electron chi connectivity index (χ0n) is 11.7. The van der Waals surface area contributed by atoms with Crippen LogP contribution in [0.25, 0.3) is 0 Å². The normalized spacial score (nSPS) is 12.7. The lowest BCUT2D eigenvalue weighted by molar-refractivity contribution is 0.577. The molecule has 0 saturated carbocycles. The summed E-state index contributed by atoms with van der Waals surface area (Å²) in [5, 5.41) is 0. The zero-order chi connectivity index (χ0) is 14.7. The van der Waals surface area contributed by atoms with Crippen LogP contribution in [0.4, 0.5) is 8.78 Å². The summed E-state index contributed by atoms with van der Waals surface area (Å²) in [5.74, 6) is -0.657. The second-order valence-corrected chi connectivity index (χ2v) is 5.52. The van der Waals surface area contributed by atoms with Gasteiger partial charge in [-0.15, -0.1) is 0 Å². The highest BCUT2D eigenvalue weighted by atomic mass is 19.1. The molecule has 0 spiro atoms. The quantitative estimate of drug-likeness (QED) is 0.888. The predicted octanol–water partition coefficient (Wildman–Crippen LogP) is 4.21. The van der Waals surface area contributed by atoms with Crippen LogP contribution in [0.1, 0.15) is 36.6 Å². The average molecular weight is 275 g/mol. The Kier molecular flexibility index (Phi) is 4.50. The molecule has 0 amide bonds. The van der Waals surface area contributed by atoms with E-state index in [0.717, 1.165) is 18.1 Å². The maximum Gasteiger partial charge on any atom is 0.126 e. The Balaban J connectivity index is 2.30. The van der Waals surface area contributed by atoms with Crippen molar-refractivity contribution in [3.8, 4) is 0 Å². The van der Waals surface area contributed by atoms with Crippen molar-refractivity contribution in [2.45, 2.75) is 26.3 Å². The average Bonchev–Trinajstić information content (AvgIpc) is 2.36. The number of halogens is 2. The molecule has 0 bridgehead atoms. The highest BCUT2D eigenvalue weighted by molar-refractivity contribution is 5.34. The number of hydrogen-bond acceptors (Lipinski definition) is 1. The van der Waals surface area contributed by atoms with Crippen LogP contribution in [0.3, 0.4) is 0 Å². The number of rotatable bonds is 4. The van der Waals surface area contributed by atoms with Gasteiger partial charge in [0.25, 0.3) is 0 Å². The van der Waals surface area contributed by atoms with Gasteiger partial charge in [0.05, 0.1) is 6.04 Å². The molecule has 0 aromatic heterocycles. The smallest absolute Gasteiger partial charge is 0.126 e. The summed E-state index contributed by atoms with van der Waals surface area (Å²) >= 11 is 0. The van der Waals surface area contributed by atoms with Crippen molar-refractivity contribution < 1.29 is 8.78 Å². The first-order chi connectivity index (χ1) is 9.45. The Morgan fingerprint density at radius 2 is 1.60 bits per heavy atom. The maximum atomic E-state index is 13.3. The highest BCUT2D eigenvalue weighted by Gasteiger charge is 2.12. The van der Waals surface area contributed by atoms with E-state index >= 15 is 0 Å². The summed E-state index contributed by atoms with van der Waals surface area (Å²) in [5.41, 5.74) is 8.62. The molecule has 20 heavy (non-hydrogen) atoms. The van der Waals surface area contributed by atoms with Crippen LogP contribution in [0.5, 0.6) is 0 Å². The molecule has 2 rings (SSSR count). The van der Waals surface area contributed by atoms with Gasteiger partial charge in [-0.2, -0.15) is 0 Å². The van der Waals surface area contributed by atoms with Gasteiger partial charge in [0.1, 0.15) is 11.6 Å². The van der Waals surface area contributed by atoms with E-state index in [2.05, 4.69) is 13.8 Å². The Hall–Kier alpha value is -1.74. The molecule has 0 aliphatic carbocycles. The van der Waals surface area contributed by atoms with Crippen molar-refractivity contribution >= 4 is 0 Å². The topological polar surface area (TPSA) is 26.0 Å². The molecular formula is C17H19F2N. The van der Waals surface area contributed by atoms with E-state index in [1.807, 2.05) is 24.3 Å². The van der Waals surface area contributed by atoms with Gasteiger partial charge in [0, 0.05) is 6.07 Å². The monoisotopic (exact) mass is 275 g/mol. The van der Waals surface area contributed by atoms with Gasteiger partial charge in [-0.25, -0.2) is 8.78 Å². The van der Waals surface area contributed by atoms with Crippen LogP contribution in [0.2, 0.25) is 0 Å². The molecule has 0 aliphatic rings. The second kappa shape index (κ2) is 6.14. The molecule has 0 heterocycles. The van der Waals surface area contributed by atoms with E-state index in [9.17, 15) is 8.78 Å². The molecule has 2 N–H and O–H groups in total. The van der Waals surface area contributed by atoms with Gasteiger partial charge in [-0.1, -0.05) is 38.1 Å². The van der Waals surface area contributed by atoms with Crippen molar-refractivity contribution in [2.24, 2.45) is 11.7 Å². The van der Waals surface area contributed by atoms with Gasteiger partial charge < -0.3 is 5.73 Å². The maximum absolute atomic E-state index is 13.3. The van der Waals surface area contributed by atoms with Crippen molar-refractivity contribution in [3.05, 3.63) is 70.8 Å². The fraction of sp³-hybridized carbons (Fsp3) is 0.294. The molecule has 0 saturated heterocycles. The van der Waals surface area contributed by atoms with Crippen molar-refractivity contribution in [3.63, 3.8) is 0 Å². The van der Waals surface area contributed by atoms with E-state index < -0.39 is 17.7 Å². The number of nitrogens with two attached hydrogens (primary N) is 1. The fourth-order valence-electron chi connectivity index (χ4n) is 2.33. The summed E-state index contributed by atoms with van der Waals surface area (Å²) < 4.78 is 26.5. The van der Waals surface area contributed by atoms with Crippen LogP contribution < -0.4 is 5.73 Å². The molecule has 0 fully saturated rings. The first-order valence-electron chi connectivity index (χ1n) is 6.76. The minimum absolute atomic E-state index is 0.448. The van der Waals surface area contributed by atoms with E-state index in [1.165, 1.54) is 17.7 Å². The molecule has 106 valence electrons. The number of hydrogen-bond donors (Lipinski definition) is 1. The molecule has 3 heteroatoms. The first kappa shape index (κ1) is 14.7. The summed E-state index contributed by atoms with van der Waals surface area (Å²) in [6.07, 6.45) is 0.956. The predicted molar refractivity (Wildman–Crippen MR) is 77.4 cm³/mol. The summed E-state index contributed by atoms with van der Waals surface area (Å²) in [4.78, 5) is 0. The minimum Gasteiger partial charge on any atom is -0.320 e. The Morgan fingerprint density at radius 3 is 2.20 bits per heavy atom. The van der Waals surface area contributed by atoms with E-state index in [-0.39, 0.29) is 0 Å². The van der Waals surface area contributed by atoms with Crippen LogP contribution in [-0.2, 0) is 6.42 Å². The third-order valence-corrected chi connectivity index (χ3v) is 3.20. The van der Waals surface area contributed by atoms with E-state index in [4.69, 9.17) is 5.73 Å². The molecule has 1 unspecified atom stereocenters. The summed E-state index contributed by atoms with van der Waals surface area (Å²) in [6, 6.07) is 10.8. The van der Waals surface area contributed by atoms with Crippen molar-refractivity contribution in [1.82, 2.24) is 0 Å². The Labute approximate surface area is 118 Å². The minimum atomic E-state index is -0.603. The van der Waals surface area contributed by atoms with Gasteiger partial charge in [0.15, 0.2) is 0 Å². The third kappa shape index (κ3) is 3.64. The van der Waals surface area contributed by atoms with Crippen LogP contribution in [-0.4, -0.2) is 0 Å². The van der Waals surface area contributed by atoms with Crippen LogP contribution in [0.15, 0.2) is 42.5 Å². The summed E-state index contributed by atoms with van der Waals surface area (Å²) in [6.45, 7) is 4.29. The summed E-state index contributed by atoms with van der Waals surface area (Å²) in [7, 11) is 0.